The number of nitrogens with zero attached hydrogens (tertiary/aromatic N) is 1. The van der Waals surface area contributed by atoms with Crippen LogP contribution < -0.4 is 34.5 Å². The van der Waals surface area contributed by atoms with Crippen LogP contribution in [0.2, 0.25) is 0 Å². The molecule has 0 fully saturated rings. The Morgan fingerprint density at radius 1 is 1.04 bits per heavy atom. The number of ether oxygens (including phenoxy) is 1. The van der Waals surface area contributed by atoms with Gasteiger partial charge in [0.1, 0.15) is 15.9 Å². The van der Waals surface area contributed by atoms with Crippen LogP contribution in [0.5, 0.6) is 0 Å². The standard InChI is InChI=1S/C16H15NO4S.Na/c1-12-16(13-7-9-15(10-8-13)22(18,19)20)17(11-21-12)14-5-3-2-4-6-14;/h2-10H,11H2,1H3,(H,18,19,20);/q;+1/p-1. The second-order valence-electron chi connectivity index (χ2n) is 4.92. The molecule has 0 saturated heterocycles. The van der Waals surface area contributed by atoms with Crippen molar-refractivity contribution in [3.8, 4) is 0 Å². The Kier molecular flexibility index (Phi) is 5.54. The van der Waals surface area contributed by atoms with Crippen LogP contribution in [0.3, 0.4) is 0 Å². The molecule has 0 saturated carbocycles. The number of allylic oxidation sites excluding steroid dienone is 1. The van der Waals surface area contributed by atoms with Crippen LogP contribution in [-0.4, -0.2) is 19.7 Å². The van der Waals surface area contributed by atoms with Crippen LogP contribution in [0.4, 0.5) is 5.69 Å². The van der Waals surface area contributed by atoms with Crippen LogP contribution >= 0.6 is 0 Å². The van der Waals surface area contributed by atoms with E-state index in [0.717, 1.165) is 22.7 Å². The van der Waals surface area contributed by atoms with Crippen molar-refractivity contribution < 1.29 is 47.3 Å². The second kappa shape index (κ2) is 7.07. The summed E-state index contributed by atoms with van der Waals surface area (Å²) in [4.78, 5) is 1.76. The fourth-order valence-electron chi connectivity index (χ4n) is 2.43. The van der Waals surface area contributed by atoms with Crippen molar-refractivity contribution in [1.82, 2.24) is 0 Å². The molecule has 0 N–H and O–H groups in total. The molecule has 0 bridgehead atoms. The maximum Gasteiger partial charge on any atom is 1.00 e. The van der Waals surface area contributed by atoms with Gasteiger partial charge < -0.3 is 14.2 Å². The average molecular weight is 339 g/mol. The third-order valence-electron chi connectivity index (χ3n) is 3.50. The quantitative estimate of drug-likeness (QED) is 0.571. The van der Waals surface area contributed by atoms with Gasteiger partial charge in [0.05, 0.1) is 10.6 Å². The minimum absolute atomic E-state index is 0. The molecule has 23 heavy (non-hydrogen) atoms. The number of anilines is 1. The Labute approximate surface area is 157 Å². The molecular formula is C16H14NNaO4S. The van der Waals surface area contributed by atoms with Crippen molar-refractivity contribution in [2.45, 2.75) is 11.8 Å². The van der Waals surface area contributed by atoms with Gasteiger partial charge in [-0.3, -0.25) is 0 Å². The van der Waals surface area contributed by atoms with E-state index in [1.54, 1.807) is 12.1 Å². The number of rotatable bonds is 3. The zero-order valence-electron chi connectivity index (χ0n) is 12.9. The van der Waals surface area contributed by atoms with E-state index in [-0.39, 0.29) is 34.5 Å². The van der Waals surface area contributed by atoms with Gasteiger partial charge in [0, 0.05) is 11.3 Å². The fraction of sp³-hybridized carbons (Fsp3) is 0.125. The molecule has 1 aliphatic rings. The monoisotopic (exact) mass is 339 g/mol. The molecule has 0 aromatic heterocycles. The molecule has 3 rings (SSSR count). The summed E-state index contributed by atoms with van der Waals surface area (Å²) in [5.74, 6) is 0.751. The smallest absolute Gasteiger partial charge is 0.744 e. The molecule has 7 heteroatoms. The fourth-order valence-corrected chi connectivity index (χ4v) is 2.90. The van der Waals surface area contributed by atoms with Crippen molar-refractivity contribution in [3.63, 3.8) is 0 Å². The molecule has 2 aromatic carbocycles. The molecule has 0 amide bonds. The number of hydrogen-bond acceptors (Lipinski definition) is 5. The molecule has 114 valence electrons. The van der Waals surface area contributed by atoms with Crippen molar-refractivity contribution in [1.29, 1.82) is 0 Å². The van der Waals surface area contributed by atoms with Gasteiger partial charge in [0.2, 0.25) is 0 Å². The van der Waals surface area contributed by atoms with E-state index < -0.39 is 10.1 Å². The second-order valence-corrected chi connectivity index (χ2v) is 6.30. The van der Waals surface area contributed by atoms with Crippen LogP contribution in [0.15, 0.2) is 65.3 Å². The number of benzene rings is 2. The van der Waals surface area contributed by atoms with E-state index >= 15 is 0 Å². The minimum atomic E-state index is -4.43. The zero-order chi connectivity index (χ0) is 15.7. The maximum atomic E-state index is 11.0. The van der Waals surface area contributed by atoms with E-state index in [1.165, 1.54) is 12.1 Å². The first-order chi connectivity index (χ1) is 10.5. The van der Waals surface area contributed by atoms with Crippen molar-refractivity contribution in [2.75, 3.05) is 11.6 Å². The van der Waals surface area contributed by atoms with E-state index in [4.69, 9.17) is 4.74 Å². The number of para-hydroxylation sites is 1. The summed E-state index contributed by atoms with van der Waals surface area (Å²) >= 11 is 0. The molecule has 0 aliphatic carbocycles. The van der Waals surface area contributed by atoms with Gasteiger partial charge in [-0.2, -0.15) is 0 Å². The van der Waals surface area contributed by atoms with E-state index in [9.17, 15) is 13.0 Å². The Hall–Kier alpha value is -1.31. The van der Waals surface area contributed by atoms with E-state index in [2.05, 4.69) is 0 Å². The predicted octanol–water partition coefficient (Wildman–Crippen LogP) is -0.222. The SMILES string of the molecule is CC1=C(c2ccc(S(=O)(=O)[O-])cc2)N(c2ccccc2)CO1.[Na+]. The van der Waals surface area contributed by atoms with Gasteiger partial charge in [-0.05, 0) is 31.2 Å². The van der Waals surface area contributed by atoms with Crippen molar-refractivity contribution in [3.05, 3.63) is 65.9 Å². The maximum absolute atomic E-state index is 11.0. The summed E-state index contributed by atoms with van der Waals surface area (Å²) in [7, 11) is -4.43. The molecule has 0 radical (unpaired) electrons. The molecule has 1 heterocycles. The summed E-state index contributed by atoms with van der Waals surface area (Å²) in [6.07, 6.45) is 0. The van der Waals surface area contributed by atoms with Gasteiger partial charge in [-0.25, -0.2) is 8.42 Å². The average Bonchev–Trinajstić information content (AvgIpc) is 2.89. The summed E-state index contributed by atoms with van der Waals surface area (Å²) in [6, 6.07) is 15.6. The Morgan fingerprint density at radius 2 is 1.65 bits per heavy atom. The van der Waals surface area contributed by atoms with Gasteiger partial charge in [-0.15, -0.1) is 0 Å². The summed E-state index contributed by atoms with van der Waals surface area (Å²) in [6.45, 7) is 2.25. The topological polar surface area (TPSA) is 69.7 Å². The van der Waals surface area contributed by atoms with Crippen molar-refractivity contribution >= 4 is 21.5 Å². The van der Waals surface area contributed by atoms with Crippen LogP contribution in [0, 0.1) is 0 Å². The molecule has 5 nitrogen and oxygen atoms in total. The molecule has 0 unspecified atom stereocenters. The Bertz CT molecular complexity index is 817. The zero-order valence-corrected chi connectivity index (χ0v) is 15.7. The van der Waals surface area contributed by atoms with Crippen LogP contribution in [0.25, 0.3) is 5.70 Å². The molecule has 1 aliphatic heterocycles. The van der Waals surface area contributed by atoms with E-state index in [0.29, 0.717) is 6.73 Å². The minimum Gasteiger partial charge on any atom is -0.744 e. The largest absolute Gasteiger partial charge is 1.00 e. The molecular weight excluding hydrogens is 325 g/mol. The molecule has 2 aromatic rings. The number of hydrogen-bond donors (Lipinski definition) is 0. The van der Waals surface area contributed by atoms with Crippen molar-refractivity contribution in [2.24, 2.45) is 0 Å². The predicted molar refractivity (Wildman–Crippen MR) is 81.9 cm³/mol. The Balaban J connectivity index is 0.00000192. The third-order valence-corrected chi connectivity index (χ3v) is 4.35. The van der Waals surface area contributed by atoms with Gasteiger partial charge in [0.25, 0.3) is 0 Å². The van der Waals surface area contributed by atoms with Crippen LogP contribution in [0.1, 0.15) is 12.5 Å². The van der Waals surface area contributed by atoms with Gasteiger partial charge >= 0.3 is 29.6 Å². The summed E-state index contributed by atoms with van der Waals surface area (Å²) in [5.41, 5.74) is 2.64. The first-order valence-electron chi connectivity index (χ1n) is 6.69. The van der Waals surface area contributed by atoms with Gasteiger partial charge in [0.15, 0.2) is 6.73 Å². The van der Waals surface area contributed by atoms with E-state index in [1.807, 2.05) is 42.2 Å². The normalized spacial score (nSPS) is 14.4. The van der Waals surface area contributed by atoms with Gasteiger partial charge in [-0.1, -0.05) is 30.3 Å². The van der Waals surface area contributed by atoms with Crippen LogP contribution in [-0.2, 0) is 14.9 Å². The first-order valence-corrected chi connectivity index (χ1v) is 8.10. The summed E-state index contributed by atoms with van der Waals surface area (Å²) < 4.78 is 38.6. The summed E-state index contributed by atoms with van der Waals surface area (Å²) in [5, 5.41) is 0. The first kappa shape index (κ1) is 18.0. The Morgan fingerprint density at radius 3 is 2.22 bits per heavy atom. The molecule has 0 atom stereocenters. The molecule has 0 spiro atoms. The third kappa shape index (κ3) is 3.79.